The zero-order valence-electron chi connectivity index (χ0n) is 9.58. The van der Waals surface area contributed by atoms with Crippen LogP contribution in [0.2, 0.25) is 0 Å². The summed E-state index contributed by atoms with van der Waals surface area (Å²) < 4.78 is 21.5. The van der Waals surface area contributed by atoms with Gasteiger partial charge in [0.25, 0.3) is 0 Å². The molecule has 10 heteroatoms. The SMILES string of the molecule is CNc1ccc([N+](=O)[O-])c(NCCS(N)(=O)=O)n1. The minimum absolute atomic E-state index is 0.00417. The zero-order valence-corrected chi connectivity index (χ0v) is 10.4. The lowest BCUT2D eigenvalue weighted by molar-refractivity contribution is -0.384. The fourth-order valence-electron chi connectivity index (χ4n) is 1.18. The van der Waals surface area contributed by atoms with Crippen molar-refractivity contribution in [2.75, 3.05) is 30.0 Å². The molecular formula is C8H13N5O4S. The highest BCUT2D eigenvalue weighted by Crippen LogP contribution is 2.23. The second-order valence-corrected chi connectivity index (χ2v) is 5.10. The Hall–Kier alpha value is -1.94. The van der Waals surface area contributed by atoms with E-state index in [1.165, 1.54) is 12.1 Å². The number of hydrogen-bond acceptors (Lipinski definition) is 7. The third kappa shape index (κ3) is 4.14. The average molecular weight is 275 g/mol. The lowest BCUT2D eigenvalue weighted by atomic mass is 10.3. The lowest BCUT2D eigenvalue weighted by Crippen LogP contribution is -2.23. The number of nitro groups is 1. The molecule has 9 nitrogen and oxygen atoms in total. The van der Waals surface area contributed by atoms with Crippen LogP contribution in [0, 0.1) is 10.1 Å². The second kappa shape index (κ2) is 5.60. The molecule has 0 aromatic carbocycles. The molecular weight excluding hydrogens is 262 g/mol. The van der Waals surface area contributed by atoms with Crippen molar-refractivity contribution in [2.45, 2.75) is 0 Å². The van der Waals surface area contributed by atoms with Crippen LogP contribution in [0.25, 0.3) is 0 Å². The molecule has 1 heterocycles. The highest BCUT2D eigenvalue weighted by molar-refractivity contribution is 7.89. The van der Waals surface area contributed by atoms with Gasteiger partial charge in [-0.05, 0) is 6.07 Å². The summed E-state index contributed by atoms with van der Waals surface area (Å²) in [5, 5.41) is 20.9. The first kappa shape index (κ1) is 14.1. The maximum Gasteiger partial charge on any atom is 0.311 e. The Bertz CT molecular complexity index is 544. The molecule has 0 aliphatic heterocycles. The number of pyridine rings is 1. The number of nitrogens with two attached hydrogens (primary N) is 1. The lowest BCUT2D eigenvalue weighted by Gasteiger charge is -2.07. The molecule has 1 rings (SSSR count). The summed E-state index contributed by atoms with van der Waals surface area (Å²) >= 11 is 0. The molecule has 0 saturated carbocycles. The van der Waals surface area contributed by atoms with Crippen molar-refractivity contribution in [1.29, 1.82) is 0 Å². The van der Waals surface area contributed by atoms with Gasteiger partial charge in [0.05, 0.1) is 10.7 Å². The Labute approximate surface area is 104 Å². The van der Waals surface area contributed by atoms with Crippen LogP contribution in [0.3, 0.4) is 0 Å². The molecule has 18 heavy (non-hydrogen) atoms. The molecule has 4 N–H and O–H groups in total. The fourth-order valence-corrected chi connectivity index (χ4v) is 1.57. The van der Waals surface area contributed by atoms with Crippen molar-refractivity contribution in [3.05, 3.63) is 22.2 Å². The first-order valence-corrected chi connectivity index (χ1v) is 6.62. The Balaban J connectivity index is 2.87. The molecule has 0 spiro atoms. The van der Waals surface area contributed by atoms with E-state index < -0.39 is 14.9 Å². The summed E-state index contributed by atoms with van der Waals surface area (Å²) in [6.45, 7) is -0.0557. The molecule has 1 aromatic heterocycles. The number of anilines is 2. The van der Waals surface area contributed by atoms with Crippen LogP contribution in [-0.2, 0) is 10.0 Å². The molecule has 0 aliphatic carbocycles. The van der Waals surface area contributed by atoms with E-state index in [0.717, 1.165) is 0 Å². The quantitative estimate of drug-likeness (QED) is 0.479. The number of primary sulfonamides is 1. The maximum atomic E-state index is 10.7. The van der Waals surface area contributed by atoms with Crippen LogP contribution in [0.5, 0.6) is 0 Å². The molecule has 0 unspecified atom stereocenters. The van der Waals surface area contributed by atoms with Crippen molar-refractivity contribution >= 4 is 27.3 Å². The number of hydrogen-bond donors (Lipinski definition) is 3. The van der Waals surface area contributed by atoms with E-state index >= 15 is 0 Å². The van der Waals surface area contributed by atoms with Crippen LogP contribution in [0.15, 0.2) is 12.1 Å². The Morgan fingerprint density at radius 1 is 1.50 bits per heavy atom. The zero-order chi connectivity index (χ0) is 13.8. The van der Waals surface area contributed by atoms with Crippen LogP contribution >= 0.6 is 0 Å². The molecule has 0 saturated heterocycles. The van der Waals surface area contributed by atoms with E-state index in [-0.39, 0.29) is 23.8 Å². The third-order valence-corrected chi connectivity index (χ3v) is 2.78. The first-order chi connectivity index (χ1) is 8.33. The number of nitrogens with zero attached hydrogens (tertiary/aromatic N) is 2. The van der Waals surface area contributed by atoms with Crippen LogP contribution < -0.4 is 15.8 Å². The van der Waals surface area contributed by atoms with Gasteiger partial charge in [-0.25, -0.2) is 18.5 Å². The largest absolute Gasteiger partial charge is 0.373 e. The topological polar surface area (TPSA) is 140 Å². The van der Waals surface area contributed by atoms with Gasteiger partial charge in [0.2, 0.25) is 15.8 Å². The first-order valence-electron chi connectivity index (χ1n) is 4.91. The molecule has 0 atom stereocenters. The fraction of sp³-hybridized carbons (Fsp3) is 0.375. The van der Waals surface area contributed by atoms with Gasteiger partial charge < -0.3 is 10.6 Å². The molecule has 0 radical (unpaired) electrons. The van der Waals surface area contributed by atoms with Crippen molar-refractivity contribution in [2.24, 2.45) is 5.14 Å². The van der Waals surface area contributed by atoms with Crippen LogP contribution in [0.1, 0.15) is 0 Å². The molecule has 0 bridgehead atoms. The summed E-state index contributed by atoms with van der Waals surface area (Å²) in [4.78, 5) is 14.1. The van der Waals surface area contributed by atoms with Gasteiger partial charge in [-0.15, -0.1) is 0 Å². The standard InChI is InChI=1S/C8H13N5O4S/c1-10-7-3-2-6(13(14)15)8(12-7)11-4-5-18(9,16)17/h2-3H,4-5H2,1H3,(H2,9,16,17)(H2,10,11,12). The number of aromatic nitrogens is 1. The molecule has 0 aliphatic rings. The number of nitrogens with one attached hydrogen (secondary N) is 2. The Morgan fingerprint density at radius 2 is 2.17 bits per heavy atom. The Kier molecular flexibility index (Phi) is 4.39. The predicted octanol–water partition coefficient (Wildman–Crippen LogP) is -0.268. The monoisotopic (exact) mass is 275 g/mol. The van der Waals surface area contributed by atoms with E-state index in [0.29, 0.717) is 5.82 Å². The van der Waals surface area contributed by atoms with Gasteiger partial charge in [0.1, 0.15) is 5.82 Å². The van der Waals surface area contributed by atoms with Crippen LogP contribution in [-0.4, -0.2) is 37.7 Å². The van der Waals surface area contributed by atoms with Gasteiger partial charge >= 0.3 is 5.69 Å². The second-order valence-electron chi connectivity index (χ2n) is 3.37. The summed E-state index contributed by atoms with van der Waals surface area (Å²) in [6.07, 6.45) is 0. The predicted molar refractivity (Wildman–Crippen MR) is 66.9 cm³/mol. The molecule has 0 amide bonds. The van der Waals surface area contributed by atoms with E-state index in [9.17, 15) is 18.5 Å². The van der Waals surface area contributed by atoms with Gasteiger partial charge in [-0.1, -0.05) is 0 Å². The van der Waals surface area contributed by atoms with Gasteiger partial charge in [0, 0.05) is 19.7 Å². The summed E-state index contributed by atoms with van der Waals surface area (Å²) in [5.41, 5.74) is -0.233. The normalized spacial score (nSPS) is 11.0. The molecule has 0 fully saturated rings. The van der Waals surface area contributed by atoms with Gasteiger partial charge in [0.15, 0.2) is 0 Å². The number of rotatable bonds is 6. The summed E-state index contributed by atoms with van der Waals surface area (Å²) in [5.74, 6) is 0.0875. The Morgan fingerprint density at radius 3 is 2.67 bits per heavy atom. The smallest absolute Gasteiger partial charge is 0.311 e. The minimum atomic E-state index is -3.62. The van der Waals surface area contributed by atoms with E-state index in [2.05, 4.69) is 15.6 Å². The number of sulfonamides is 1. The van der Waals surface area contributed by atoms with E-state index in [4.69, 9.17) is 5.14 Å². The average Bonchev–Trinajstić information content (AvgIpc) is 2.26. The summed E-state index contributed by atoms with van der Waals surface area (Å²) in [6, 6.07) is 2.72. The van der Waals surface area contributed by atoms with Crippen molar-refractivity contribution in [3.8, 4) is 0 Å². The molecule has 100 valence electrons. The van der Waals surface area contributed by atoms with Crippen LogP contribution in [0.4, 0.5) is 17.3 Å². The van der Waals surface area contributed by atoms with Crippen molar-refractivity contribution in [1.82, 2.24) is 4.98 Å². The van der Waals surface area contributed by atoms with E-state index in [1.807, 2.05) is 0 Å². The van der Waals surface area contributed by atoms with Gasteiger partial charge in [-0.3, -0.25) is 10.1 Å². The van der Waals surface area contributed by atoms with Crippen molar-refractivity contribution < 1.29 is 13.3 Å². The highest BCUT2D eigenvalue weighted by atomic mass is 32.2. The maximum absolute atomic E-state index is 10.7. The van der Waals surface area contributed by atoms with E-state index in [1.54, 1.807) is 7.05 Å². The minimum Gasteiger partial charge on any atom is -0.373 e. The summed E-state index contributed by atoms with van der Waals surface area (Å²) in [7, 11) is -2.01. The highest BCUT2D eigenvalue weighted by Gasteiger charge is 2.16. The third-order valence-electron chi connectivity index (χ3n) is 2.01. The van der Waals surface area contributed by atoms with Gasteiger partial charge in [-0.2, -0.15) is 0 Å². The van der Waals surface area contributed by atoms with Crippen molar-refractivity contribution in [3.63, 3.8) is 0 Å². The molecule has 1 aromatic rings.